The van der Waals surface area contributed by atoms with E-state index >= 15 is 0 Å². The third kappa shape index (κ3) is 51.0. The van der Waals surface area contributed by atoms with Crippen LogP contribution in [0.3, 0.4) is 0 Å². The minimum absolute atomic E-state index is 0.0669. The van der Waals surface area contributed by atoms with Crippen LogP contribution in [0.5, 0.6) is 0 Å². The Bertz CT molecular complexity index is 978. The van der Waals surface area contributed by atoms with Gasteiger partial charge in [0.05, 0.1) is 0 Å². The molecule has 0 N–H and O–H groups in total. The van der Waals surface area contributed by atoms with Gasteiger partial charge in [-0.1, -0.05) is 270 Å². The van der Waals surface area contributed by atoms with E-state index in [0.717, 1.165) is 64.2 Å². The lowest BCUT2D eigenvalue weighted by molar-refractivity contribution is -0.167. The van der Waals surface area contributed by atoms with E-state index in [-0.39, 0.29) is 31.1 Å². The Kier molecular flexibility index (Phi) is 51.2. The van der Waals surface area contributed by atoms with E-state index in [1.54, 1.807) is 0 Å². The Morgan fingerprint density at radius 3 is 0.841 bits per heavy atom. The van der Waals surface area contributed by atoms with Gasteiger partial charge in [0.15, 0.2) is 6.10 Å². The van der Waals surface area contributed by atoms with Crippen LogP contribution in [0.1, 0.15) is 316 Å². The Hall–Kier alpha value is -1.85. The molecule has 1 atom stereocenters. The Labute approximate surface area is 392 Å². The fraction of sp³-hybridized carbons (Fsp3) is 0.912. The highest BCUT2D eigenvalue weighted by Crippen LogP contribution is 2.17. The van der Waals surface area contributed by atoms with Crippen LogP contribution < -0.4 is 0 Å². The van der Waals surface area contributed by atoms with Crippen molar-refractivity contribution in [2.45, 2.75) is 322 Å². The summed E-state index contributed by atoms with van der Waals surface area (Å²) in [6.45, 7) is 6.64. The number of allylic oxidation sites excluding steroid dienone is 2. The first kappa shape index (κ1) is 61.1. The van der Waals surface area contributed by atoms with Crippen molar-refractivity contribution in [1.82, 2.24) is 0 Å². The molecule has 6 nitrogen and oxygen atoms in total. The molecule has 0 aromatic carbocycles. The van der Waals surface area contributed by atoms with Gasteiger partial charge >= 0.3 is 17.9 Å². The van der Waals surface area contributed by atoms with Crippen molar-refractivity contribution in [3.05, 3.63) is 12.2 Å². The molecule has 0 amide bonds. The smallest absolute Gasteiger partial charge is 0.306 e. The Morgan fingerprint density at radius 1 is 0.302 bits per heavy atom. The number of rotatable bonds is 52. The van der Waals surface area contributed by atoms with E-state index in [2.05, 4.69) is 32.9 Å². The van der Waals surface area contributed by atoms with E-state index in [4.69, 9.17) is 14.2 Å². The number of hydrogen-bond acceptors (Lipinski definition) is 6. The van der Waals surface area contributed by atoms with Gasteiger partial charge in [-0.05, 0) is 38.5 Å². The number of esters is 3. The molecule has 6 heteroatoms. The summed E-state index contributed by atoms with van der Waals surface area (Å²) >= 11 is 0. The molecule has 0 aromatic heterocycles. The fourth-order valence-corrected chi connectivity index (χ4v) is 8.49. The third-order valence-corrected chi connectivity index (χ3v) is 12.8. The fourth-order valence-electron chi connectivity index (χ4n) is 8.49. The number of carbonyl (C=O) groups is 3. The molecular formula is C57H108O6. The zero-order chi connectivity index (χ0) is 45.8. The highest BCUT2D eigenvalue weighted by molar-refractivity contribution is 5.71. The van der Waals surface area contributed by atoms with Gasteiger partial charge in [0.2, 0.25) is 0 Å². The number of hydrogen-bond donors (Lipinski definition) is 0. The zero-order valence-corrected chi connectivity index (χ0v) is 42.6. The molecule has 0 spiro atoms. The summed E-state index contributed by atoms with van der Waals surface area (Å²) in [6.07, 6.45) is 59.2. The van der Waals surface area contributed by atoms with Crippen molar-refractivity contribution in [2.24, 2.45) is 0 Å². The van der Waals surface area contributed by atoms with Crippen molar-refractivity contribution < 1.29 is 28.6 Å². The largest absolute Gasteiger partial charge is 0.462 e. The maximum atomic E-state index is 12.8. The molecule has 0 aliphatic carbocycles. The second kappa shape index (κ2) is 52.8. The van der Waals surface area contributed by atoms with Gasteiger partial charge in [-0.25, -0.2) is 0 Å². The first-order valence-corrected chi connectivity index (χ1v) is 28.2. The van der Waals surface area contributed by atoms with Crippen molar-refractivity contribution in [3.63, 3.8) is 0 Å². The van der Waals surface area contributed by atoms with E-state index in [1.807, 2.05) is 0 Å². The molecule has 0 bridgehead atoms. The lowest BCUT2D eigenvalue weighted by Gasteiger charge is -2.18. The van der Waals surface area contributed by atoms with Crippen LogP contribution in [0.4, 0.5) is 0 Å². The second-order valence-electron chi connectivity index (χ2n) is 19.2. The van der Waals surface area contributed by atoms with Gasteiger partial charge in [-0.3, -0.25) is 14.4 Å². The minimum Gasteiger partial charge on any atom is -0.462 e. The SMILES string of the molecule is CCCC/C=C\CCCCCCCC(=O)OCC(COC(=O)CCCCCCCCCCCCCCCCCCCCCCC)OC(=O)CCCCCCCCCCCCCCC. The highest BCUT2D eigenvalue weighted by atomic mass is 16.6. The van der Waals surface area contributed by atoms with Crippen molar-refractivity contribution in [1.29, 1.82) is 0 Å². The van der Waals surface area contributed by atoms with Gasteiger partial charge in [-0.15, -0.1) is 0 Å². The maximum Gasteiger partial charge on any atom is 0.306 e. The first-order valence-electron chi connectivity index (χ1n) is 28.2. The molecule has 0 rings (SSSR count). The zero-order valence-electron chi connectivity index (χ0n) is 42.6. The van der Waals surface area contributed by atoms with Crippen LogP contribution >= 0.6 is 0 Å². The summed E-state index contributed by atoms with van der Waals surface area (Å²) in [6, 6.07) is 0. The van der Waals surface area contributed by atoms with Crippen molar-refractivity contribution in [3.8, 4) is 0 Å². The first-order chi connectivity index (χ1) is 31.0. The average Bonchev–Trinajstić information content (AvgIpc) is 3.28. The molecular weight excluding hydrogens is 781 g/mol. The third-order valence-electron chi connectivity index (χ3n) is 12.8. The van der Waals surface area contributed by atoms with Gasteiger partial charge in [0.25, 0.3) is 0 Å². The molecule has 0 radical (unpaired) electrons. The van der Waals surface area contributed by atoms with Crippen LogP contribution in [-0.4, -0.2) is 37.2 Å². The van der Waals surface area contributed by atoms with Crippen LogP contribution in [-0.2, 0) is 28.6 Å². The molecule has 1 unspecified atom stereocenters. The molecule has 372 valence electrons. The van der Waals surface area contributed by atoms with Gasteiger partial charge in [0.1, 0.15) is 13.2 Å². The minimum atomic E-state index is -0.766. The number of carbonyl (C=O) groups excluding carboxylic acids is 3. The quantitative estimate of drug-likeness (QED) is 0.0262. The highest BCUT2D eigenvalue weighted by Gasteiger charge is 2.19. The van der Waals surface area contributed by atoms with Crippen LogP contribution in [0.15, 0.2) is 12.2 Å². The van der Waals surface area contributed by atoms with Gasteiger partial charge in [-0.2, -0.15) is 0 Å². The van der Waals surface area contributed by atoms with Crippen LogP contribution in [0, 0.1) is 0 Å². The molecule has 63 heavy (non-hydrogen) atoms. The average molecular weight is 889 g/mol. The summed E-state index contributed by atoms with van der Waals surface area (Å²) < 4.78 is 16.8. The second-order valence-corrected chi connectivity index (χ2v) is 19.2. The molecule has 0 saturated carbocycles. The van der Waals surface area contributed by atoms with E-state index < -0.39 is 6.10 Å². The molecule has 0 heterocycles. The predicted octanol–water partition coefficient (Wildman–Crippen LogP) is 18.5. The van der Waals surface area contributed by atoms with Crippen LogP contribution in [0.2, 0.25) is 0 Å². The summed E-state index contributed by atoms with van der Waals surface area (Å²) in [4.78, 5) is 38.0. The predicted molar refractivity (Wildman–Crippen MR) is 270 cm³/mol. The van der Waals surface area contributed by atoms with Crippen molar-refractivity contribution >= 4 is 17.9 Å². The lowest BCUT2D eigenvalue weighted by atomic mass is 10.0. The summed E-state index contributed by atoms with van der Waals surface area (Å²) in [5.74, 6) is -0.856. The van der Waals surface area contributed by atoms with Gasteiger partial charge < -0.3 is 14.2 Å². The van der Waals surface area contributed by atoms with E-state index in [1.165, 1.54) is 212 Å². The maximum absolute atomic E-state index is 12.8. The van der Waals surface area contributed by atoms with E-state index in [0.29, 0.717) is 19.3 Å². The van der Waals surface area contributed by atoms with Gasteiger partial charge in [0, 0.05) is 19.3 Å². The number of unbranched alkanes of at least 4 members (excludes halogenated alkanes) is 39. The summed E-state index contributed by atoms with van der Waals surface area (Å²) in [5.41, 5.74) is 0. The molecule has 0 aromatic rings. The Balaban J connectivity index is 4.21. The monoisotopic (exact) mass is 889 g/mol. The van der Waals surface area contributed by atoms with E-state index in [9.17, 15) is 14.4 Å². The summed E-state index contributed by atoms with van der Waals surface area (Å²) in [5, 5.41) is 0. The normalized spacial score (nSPS) is 12.0. The standard InChI is InChI=1S/C57H108O6/c1-4-7-10-13-16-19-22-24-25-26-27-28-29-30-31-33-35-38-41-44-47-50-56(59)62-53-54(52-61-55(58)49-46-43-40-37-34-21-18-15-12-9-6-3)63-57(60)51-48-45-42-39-36-32-23-20-17-14-11-8-5-2/h15,18,54H,4-14,16-17,19-53H2,1-3H3/b18-15-. The molecule has 0 aliphatic rings. The summed E-state index contributed by atoms with van der Waals surface area (Å²) in [7, 11) is 0. The molecule has 0 aliphatic heterocycles. The Morgan fingerprint density at radius 2 is 0.540 bits per heavy atom. The molecule has 0 saturated heterocycles. The number of ether oxygens (including phenoxy) is 3. The lowest BCUT2D eigenvalue weighted by Crippen LogP contribution is -2.30. The van der Waals surface area contributed by atoms with Crippen LogP contribution in [0.25, 0.3) is 0 Å². The topological polar surface area (TPSA) is 78.9 Å². The molecule has 0 fully saturated rings. The van der Waals surface area contributed by atoms with Crippen molar-refractivity contribution in [2.75, 3.05) is 13.2 Å².